The van der Waals surface area contributed by atoms with Crippen LogP contribution in [0.3, 0.4) is 0 Å². The van der Waals surface area contributed by atoms with Crippen molar-refractivity contribution in [1.82, 2.24) is 31.4 Å². The summed E-state index contributed by atoms with van der Waals surface area (Å²) in [6.45, 7) is 7.61. The average Bonchev–Trinajstić information content (AvgIpc) is 2.90. The van der Waals surface area contributed by atoms with Crippen LogP contribution in [0.1, 0.15) is 64.3 Å². The first-order valence-electron chi connectivity index (χ1n) is 13.2. The fraction of sp³-hybridized carbons (Fsp3) is 0.464. The number of nitrogens with zero attached hydrogens (tertiary/aromatic N) is 2. The quantitative estimate of drug-likeness (QED) is 0.455. The van der Waals surface area contributed by atoms with Crippen LogP contribution in [0, 0.1) is 5.92 Å². The summed E-state index contributed by atoms with van der Waals surface area (Å²) in [4.78, 5) is 56.3. The van der Waals surface area contributed by atoms with Gasteiger partial charge in [0, 0.05) is 24.5 Å². The van der Waals surface area contributed by atoms with Crippen LogP contribution in [0.2, 0.25) is 0 Å². The summed E-state index contributed by atoms with van der Waals surface area (Å²) in [5.74, 6) is -1.47. The van der Waals surface area contributed by atoms with Crippen molar-refractivity contribution in [1.29, 1.82) is 0 Å². The molecule has 5 bridgehead atoms. The van der Waals surface area contributed by atoms with Gasteiger partial charge in [-0.05, 0) is 61.8 Å². The van der Waals surface area contributed by atoms with Gasteiger partial charge in [-0.25, -0.2) is 5.43 Å². The predicted molar refractivity (Wildman–Crippen MR) is 144 cm³/mol. The van der Waals surface area contributed by atoms with Gasteiger partial charge in [0.2, 0.25) is 17.7 Å². The number of hydrazine groups is 1. The molecule has 1 saturated heterocycles. The Balaban J connectivity index is 1.64. The smallest absolute Gasteiger partial charge is 0.258 e. The van der Waals surface area contributed by atoms with Crippen LogP contribution in [0.15, 0.2) is 36.5 Å². The Morgan fingerprint density at radius 1 is 0.947 bits per heavy atom. The molecular formula is C28H36N6O4. The molecule has 3 unspecified atom stereocenters. The summed E-state index contributed by atoms with van der Waals surface area (Å²) >= 11 is 0. The third-order valence-corrected chi connectivity index (χ3v) is 6.98. The highest BCUT2D eigenvalue weighted by molar-refractivity contribution is 5.93. The number of hydrogen-bond donors (Lipinski definition) is 4. The second-order valence-electron chi connectivity index (χ2n) is 10.4. The van der Waals surface area contributed by atoms with Crippen LogP contribution in [0.5, 0.6) is 0 Å². The Hall–Kier alpha value is -3.79. The van der Waals surface area contributed by atoms with Crippen molar-refractivity contribution in [2.24, 2.45) is 5.92 Å². The normalized spacial score (nSPS) is 26.6. The fourth-order valence-electron chi connectivity index (χ4n) is 4.72. The zero-order valence-corrected chi connectivity index (χ0v) is 22.3. The summed E-state index contributed by atoms with van der Waals surface area (Å²) < 4.78 is 0. The lowest BCUT2D eigenvalue weighted by Crippen LogP contribution is -2.62. The minimum absolute atomic E-state index is 0.0763. The molecule has 4 atom stereocenters. The van der Waals surface area contributed by atoms with Crippen molar-refractivity contribution in [2.45, 2.75) is 71.1 Å². The Morgan fingerprint density at radius 2 is 1.71 bits per heavy atom. The number of carbonyl (C=O) groups is 4. The summed E-state index contributed by atoms with van der Waals surface area (Å²) in [6.07, 6.45) is 6.56. The molecule has 0 radical (unpaired) electrons. The fourth-order valence-corrected chi connectivity index (χ4v) is 4.72. The number of rotatable bonds is 1. The number of nitrogens with one attached hydrogen (secondary N) is 4. The van der Waals surface area contributed by atoms with Crippen molar-refractivity contribution in [2.75, 3.05) is 6.54 Å². The summed E-state index contributed by atoms with van der Waals surface area (Å²) in [6, 6.07) is 5.41. The van der Waals surface area contributed by atoms with E-state index in [0.717, 1.165) is 16.3 Å². The van der Waals surface area contributed by atoms with Gasteiger partial charge >= 0.3 is 0 Å². The number of amides is 4. The van der Waals surface area contributed by atoms with Gasteiger partial charge in [0.1, 0.15) is 18.1 Å². The zero-order chi connectivity index (χ0) is 27.4. The highest BCUT2D eigenvalue weighted by Crippen LogP contribution is 2.22. The maximum atomic E-state index is 13.1. The van der Waals surface area contributed by atoms with Crippen LogP contribution in [-0.4, -0.2) is 58.3 Å². The third kappa shape index (κ3) is 6.36. The second-order valence-corrected chi connectivity index (χ2v) is 10.4. The third-order valence-electron chi connectivity index (χ3n) is 6.98. The van der Waals surface area contributed by atoms with E-state index in [1.54, 1.807) is 25.3 Å². The molecule has 2 aliphatic heterocycles. The molecule has 10 heteroatoms. The SMILES string of the molecule is CC1NC(=O)C(C(C)C)NC(=O)C/C=C/c2cc3cc(ccc3cn2)[C@@H](C)NC(=O)C2CCCN(N2)C1=O. The monoisotopic (exact) mass is 520 g/mol. The van der Waals surface area contributed by atoms with Gasteiger partial charge < -0.3 is 16.0 Å². The average molecular weight is 521 g/mol. The van der Waals surface area contributed by atoms with Crippen LogP contribution in [0.4, 0.5) is 0 Å². The Morgan fingerprint density at radius 3 is 2.47 bits per heavy atom. The maximum Gasteiger partial charge on any atom is 0.258 e. The van der Waals surface area contributed by atoms with Crippen molar-refractivity contribution < 1.29 is 19.2 Å². The molecule has 4 N–H and O–H groups in total. The minimum Gasteiger partial charge on any atom is -0.348 e. The molecule has 1 aromatic heterocycles. The highest BCUT2D eigenvalue weighted by Gasteiger charge is 2.33. The van der Waals surface area contributed by atoms with Gasteiger partial charge in [0.15, 0.2) is 0 Å². The van der Waals surface area contributed by atoms with E-state index in [1.807, 2.05) is 45.0 Å². The first kappa shape index (κ1) is 27.3. The molecule has 0 aliphatic carbocycles. The lowest BCUT2D eigenvalue weighted by molar-refractivity contribution is -0.143. The van der Waals surface area contributed by atoms with Crippen LogP contribution in [0.25, 0.3) is 16.8 Å². The van der Waals surface area contributed by atoms with Gasteiger partial charge in [-0.1, -0.05) is 32.1 Å². The maximum absolute atomic E-state index is 13.1. The topological polar surface area (TPSA) is 133 Å². The van der Waals surface area contributed by atoms with Gasteiger partial charge in [0.25, 0.3) is 5.91 Å². The summed E-state index contributed by atoms with van der Waals surface area (Å²) in [7, 11) is 0. The number of hydrogen-bond acceptors (Lipinski definition) is 6. The number of pyridine rings is 1. The Kier molecular flexibility index (Phi) is 8.41. The van der Waals surface area contributed by atoms with Crippen molar-refractivity contribution in [3.05, 3.63) is 47.8 Å². The lowest BCUT2D eigenvalue weighted by atomic mass is 10.0. The molecule has 0 spiro atoms. The second kappa shape index (κ2) is 11.7. The van der Waals surface area contributed by atoms with Crippen molar-refractivity contribution in [3.8, 4) is 0 Å². The van der Waals surface area contributed by atoms with Gasteiger partial charge in [-0.15, -0.1) is 0 Å². The number of fused-ring (bicyclic) bond motifs is 4. The molecule has 0 saturated carbocycles. The minimum atomic E-state index is -0.841. The van der Waals surface area contributed by atoms with Crippen LogP contribution < -0.4 is 21.4 Å². The van der Waals surface area contributed by atoms with Gasteiger partial charge in [0.05, 0.1) is 11.7 Å². The molecule has 38 heavy (non-hydrogen) atoms. The van der Waals surface area contributed by atoms with Crippen molar-refractivity contribution >= 4 is 40.5 Å². The van der Waals surface area contributed by atoms with E-state index in [2.05, 4.69) is 26.4 Å². The standard InChI is InChI=1S/C28H36N6O4/c1-16(2)25-27(37)31-18(4)28(38)34-12-6-8-23(33-34)26(36)30-17(3)19-10-11-20-15-29-22(14-21(20)13-19)7-5-9-24(35)32-25/h5,7,10-11,13-18,23,25,33H,6,8-9,12H2,1-4H3,(H,30,36)(H,31,37)(H,32,35)/b7-5+/t17-,18?,23?,25?/m1/s1. The molecular weight excluding hydrogens is 484 g/mol. The summed E-state index contributed by atoms with van der Waals surface area (Å²) in [5.41, 5.74) is 4.67. The zero-order valence-electron chi connectivity index (χ0n) is 22.3. The van der Waals surface area contributed by atoms with Crippen LogP contribution in [-0.2, 0) is 19.2 Å². The lowest BCUT2D eigenvalue weighted by Gasteiger charge is -2.35. The van der Waals surface area contributed by atoms with Crippen LogP contribution >= 0.6 is 0 Å². The van der Waals surface area contributed by atoms with E-state index in [-0.39, 0.29) is 36.1 Å². The van der Waals surface area contributed by atoms with E-state index in [4.69, 9.17) is 0 Å². The van der Waals surface area contributed by atoms with E-state index in [1.165, 1.54) is 5.01 Å². The molecule has 2 aliphatic rings. The molecule has 1 aromatic carbocycles. The number of aromatic nitrogens is 1. The van der Waals surface area contributed by atoms with Crippen molar-refractivity contribution in [3.63, 3.8) is 0 Å². The molecule has 3 heterocycles. The number of benzene rings is 1. The largest absolute Gasteiger partial charge is 0.348 e. The van der Waals surface area contributed by atoms with Gasteiger partial charge in [-0.3, -0.25) is 29.2 Å². The Bertz CT molecular complexity index is 1260. The van der Waals surface area contributed by atoms with E-state index >= 15 is 0 Å². The summed E-state index contributed by atoms with van der Waals surface area (Å²) in [5, 5.41) is 11.9. The van der Waals surface area contributed by atoms with E-state index < -0.39 is 24.0 Å². The molecule has 4 rings (SSSR count). The number of carbonyl (C=O) groups excluding carboxylic acids is 4. The molecule has 4 amide bonds. The van der Waals surface area contributed by atoms with E-state index in [0.29, 0.717) is 25.1 Å². The molecule has 2 aromatic rings. The highest BCUT2D eigenvalue weighted by atomic mass is 16.2. The first-order valence-corrected chi connectivity index (χ1v) is 13.2. The van der Waals surface area contributed by atoms with Gasteiger partial charge in [-0.2, -0.15) is 0 Å². The first-order chi connectivity index (χ1) is 18.1. The molecule has 10 nitrogen and oxygen atoms in total. The molecule has 202 valence electrons. The predicted octanol–water partition coefficient (Wildman–Crippen LogP) is 1.97. The molecule has 1 fully saturated rings. The van der Waals surface area contributed by atoms with E-state index in [9.17, 15) is 19.2 Å². The Labute approximate surface area is 222 Å².